The molecule has 0 aliphatic heterocycles. The Balaban J connectivity index is 2.01. The number of benzene rings is 1. The summed E-state index contributed by atoms with van der Waals surface area (Å²) in [5.41, 5.74) is 0.939. The van der Waals surface area contributed by atoms with E-state index in [1.807, 2.05) is 6.07 Å². The van der Waals surface area contributed by atoms with Crippen LogP contribution in [0.5, 0.6) is 5.75 Å². The zero-order valence-corrected chi connectivity index (χ0v) is 16.4. The van der Waals surface area contributed by atoms with Gasteiger partial charge in [0.25, 0.3) is 0 Å². The van der Waals surface area contributed by atoms with Crippen LogP contribution in [0.25, 0.3) is 0 Å². The zero-order chi connectivity index (χ0) is 18.1. The van der Waals surface area contributed by atoms with Crippen LogP contribution in [0, 0.1) is 5.82 Å². The third-order valence-corrected chi connectivity index (χ3v) is 4.47. The highest BCUT2D eigenvalue weighted by Gasteiger charge is 2.11. The minimum absolute atomic E-state index is 0.274. The number of ether oxygens (including phenoxy) is 1. The molecule has 0 radical (unpaired) electrons. The van der Waals surface area contributed by atoms with Crippen LogP contribution in [0.15, 0.2) is 35.1 Å². The van der Waals surface area contributed by atoms with Gasteiger partial charge in [-0.05, 0) is 46.5 Å². The minimum Gasteiger partial charge on any atom is -0.494 e. The summed E-state index contributed by atoms with van der Waals surface area (Å²) in [6, 6.07) is 5.11. The minimum atomic E-state index is -0.325. The van der Waals surface area contributed by atoms with Crippen molar-refractivity contribution in [3.8, 4) is 5.75 Å². The van der Waals surface area contributed by atoms with Gasteiger partial charge < -0.3 is 9.64 Å². The van der Waals surface area contributed by atoms with Crippen molar-refractivity contribution in [1.82, 2.24) is 9.97 Å². The summed E-state index contributed by atoms with van der Waals surface area (Å²) >= 11 is 3.37. The second-order valence-electron chi connectivity index (χ2n) is 5.97. The first-order valence-electron chi connectivity index (χ1n) is 8.69. The third-order valence-electron chi connectivity index (χ3n) is 4.06. The van der Waals surface area contributed by atoms with Crippen LogP contribution >= 0.6 is 15.9 Å². The Hall–Kier alpha value is -1.69. The highest BCUT2D eigenvalue weighted by molar-refractivity contribution is 9.10. The van der Waals surface area contributed by atoms with E-state index < -0.39 is 0 Å². The molecule has 0 N–H and O–H groups in total. The van der Waals surface area contributed by atoms with Crippen LogP contribution in [0.2, 0.25) is 0 Å². The van der Waals surface area contributed by atoms with Crippen molar-refractivity contribution >= 4 is 21.9 Å². The first-order chi connectivity index (χ1) is 12.1. The molecule has 2 rings (SSSR count). The highest BCUT2D eigenvalue weighted by Crippen LogP contribution is 2.19. The molecule has 0 saturated heterocycles. The lowest BCUT2D eigenvalue weighted by Crippen LogP contribution is -2.28. The fraction of sp³-hybridized carbons (Fsp3) is 0.474. The first kappa shape index (κ1) is 19.6. The van der Waals surface area contributed by atoms with E-state index in [1.54, 1.807) is 18.5 Å². The predicted molar refractivity (Wildman–Crippen MR) is 103 cm³/mol. The molecule has 0 fully saturated rings. The summed E-state index contributed by atoms with van der Waals surface area (Å²) in [5.74, 6) is 0.666. The molecule has 0 bridgehead atoms. The van der Waals surface area contributed by atoms with Gasteiger partial charge in [-0.15, -0.1) is 0 Å². The average molecular weight is 410 g/mol. The number of unbranched alkanes of at least 4 members (excludes halogenated alkanes) is 3. The van der Waals surface area contributed by atoms with Crippen molar-refractivity contribution in [2.45, 2.75) is 39.0 Å². The molecule has 1 heterocycles. The van der Waals surface area contributed by atoms with Crippen LogP contribution in [0.1, 0.15) is 38.2 Å². The summed E-state index contributed by atoms with van der Waals surface area (Å²) in [6.45, 7) is 3.85. The van der Waals surface area contributed by atoms with Gasteiger partial charge in [-0.3, -0.25) is 0 Å². The summed E-state index contributed by atoms with van der Waals surface area (Å²) < 4.78 is 19.7. The summed E-state index contributed by atoms with van der Waals surface area (Å²) in [5, 5.41) is 0. The molecule has 25 heavy (non-hydrogen) atoms. The lowest BCUT2D eigenvalue weighted by Gasteiger charge is -2.22. The van der Waals surface area contributed by atoms with Gasteiger partial charge in [-0.1, -0.05) is 32.3 Å². The van der Waals surface area contributed by atoms with Crippen molar-refractivity contribution in [3.63, 3.8) is 0 Å². The topological polar surface area (TPSA) is 38.2 Å². The number of hydrogen-bond donors (Lipinski definition) is 0. The van der Waals surface area contributed by atoms with Crippen molar-refractivity contribution in [3.05, 3.63) is 46.4 Å². The molecule has 0 amide bonds. The second kappa shape index (κ2) is 10.3. The number of aromatic nitrogens is 2. The van der Waals surface area contributed by atoms with E-state index in [0.717, 1.165) is 36.0 Å². The number of halogens is 2. The number of hydrogen-bond acceptors (Lipinski definition) is 4. The largest absolute Gasteiger partial charge is 0.494 e. The Kier molecular flexibility index (Phi) is 8.12. The average Bonchev–Trinajstić information content (AvgIpc) is 2.62. The first-order valence-corrected chi connectivity index (χ1v) is 9.48. The Morgan fingerprint density at radius 2 is 1.88 bits per heavy atom. The van der Waals surface area contributed by atoms with E-state index in [4.69, 9.17) is 4.74 Å². The molecule has 1 aromatic heterocycles. The van der Waals surface area contributed by atoms with Crippen LogP contribution in [-0.4, -0.2) is 30.2 Å². The van der Waals surface area contributed by atoms with Gasteiger partial charge in [0.15, 0.2) is 11.6 Å². The Morgan fingerprint density at radius 3 is 2.52 bits per heavy atom. The van der Waals surface area contributed by atoms with Gasteiger partial charge in [-0.2, -0.15) is 0 Å². The number of anilines is 1. The van der Waals surface area contributed by atoms with Crippen LogP contribution in [0.3, 0.4) is 0 Å². The highest BCUT2D eigenvalue weighted by atomic mass is 79.9. The third kappa shape index (κ3) is 6.27. The lowest BCUT2D eigenvalue weighted by molar-refractivity contribution is 0.386. The van der Waals surface area contributed by atoms with E-state index in [1.165, 1.54) is 32.4 Å². The summed E-state index contributed by atoms with van der Waals surface area (Å²) in [6.07, 6.45) is 8.99. The molecule has 0 atom stereocenters. The molecule has 0 unspecified atom stereocenters. The molecule has 0 saturated carbocycles. The fourth-order valence-corrected chi connectivity index (χ4v) is 2.84. The monoisotopic (exact) mass is 409 g/mol. The molecule has 1 aromatic carbocycles. The molecule has 4 nitrogen and oxygen atoms in total. The Bertz CT molecular complexity index is 652. The van der Waals surface area contributed by atoms with Gasteiger partial charge >= 0.3 is 0 Å². The van der Waals surface area contributed by atoms with E-state index in [-0.39, 0.29) is 11.6 Å². The van der Waals surface area contributed by atoms with Crippen molar-refractivity contribution in [2.75, 3.05) is 25.1 Å². The smallest absolute Gasteiger partial charge is 0.225 e. The quantitative estimate of drug-likeness (QED) is 0.516. The van der Waals surface area contributed by atoms with Crippen molar-refractivity contribution in [1.29, 1.82) is 0 Å². The molecular weight excluding hydrogens is 385 g/mol. The van der Waals surface area contributed by atoms with Gasteiger partial charge in [0.2, 0.25) is 5.95 Å². The van der Waals surface area contributed by atoms with Crippen molar-refractivity contribution < 1.29 is 9.13 Å². The lowest BCUT2D eigenvalue weighted by atomic mass is 10.1. The standard InChI is InChI=1S/C19H25BrFN3O/c1-3-4-5-6-10-24(19-22-13-16(20)14-23-19)11-9-15-7-8-18(25-2)17(21)12-15/h7-8,12-14H,3-6,9-11H2,1-2H3. The molecule has 2 aromatic rings. The van der Waals surface area contributed by atoms with Crippen LogP contribution in [-0.2, 0) is 6.42 Å². The van der Waals surface area contributed by atoms with E-state index in [9.17, 15) is 4.39 Å². The normalized spacial score (nSPS) is 10.7. The summed E-state index contributed by atoms with van der Waals surface area (Å²) in [4.78, 5) is 11.0. The Morgan fingerprint density at radius 1 is 1.12 bits per heavy atom. The predicted octanol–water partition coefficient (Wildman–Crippen LogP) is 5.02. The molecule has 6 heteroatoms. The molecule has 0 aliphatic carbocycles. The van der Waals surface area contributed by atoms with Gasteiger partial charge in [0.1, 0.15) is 0 Å². The molecule has 0 aliphatic rings. The number of methoxy groups -OCH3 is 1. The maximum Gasteiger partial charge on any atom is 0.225 e. The van der Waals surface area contributed by atoms with E-state index in [0.29, 0.717) is 5.95 Å². The van der Waals surface area contributed by atoms with Crippen LogP contribution < -0.4 is 9.64 Å². The van der Waals surface area contributed by atoms with Gasteiger partial charge in [0.05, 0.1) is 11.6 Å². The van der Waals surface area contributed by atoms with Crippen LogP contribution in [0.4, 0.5) is 10.3 Å². The maximum atomic E-state index is 13.9. The van der Waals surface area contributed by atoms with Crippen molar-refractivity contribution in [2.24, 2.45) is 0 Å². The Labute approximate surface area is 157 Å². The van der Waals surface area contributed by atoms with Gasteiger partial charge in [0, 0.05) is 25.5 Å². The summed E-state index contributed by atoms with van der Waals surface area (Å²) in [7, 11) is 1.47. The van der Waals surface area contributed by atoms with Gasteiger partial charge in [-0.25, -0.2) is 14.4 Å². The zero-order valence-electron chi connectivity index (χ0n) is 14.8. The number of rotatable bonds is 10. The maximum absolute atomic E-state index is 13.9. The molecule has 136 valence electrons. The SMILES string of the molecule is CCCCCCN(CCc1ccc(OC)c(F)c1)c1ncc(Br)cn1. The molecule has 0 spiro atoms. The van der Waals surface area contributed by atoms with E-state index >= 15 is 0 Å². The molecular formula is C19H25BrFN3O. The fourth-order valence-electron chi connectivity index (χ4n) is 2.64. The van der Waals surface area contributed by atoms with E-state index in [2.05, 4.69) is 37.7 Å². The second-order valence-corrected chi connectivity index (χ2v) is 6.88. The number of nitrogens with zero attached hydrogens (tertiary/aromatic N) is 3.